The molecule has 2 rings (SSSR count). The minimum atomic E-state index is 0.0814. The van der Waals surface area contributed by atoms with Crippen LogP contribution >= 0.6 is 11.3 Å². The maximum Gasteiger partial charge on any atom is 0.0794 e. The van der Waals surface area contributed by atoms with Gasteiger partial charge in [0.05, 0.1) is 12.1 Å². The van der Waals surface area contributed by atoms with Gasteiger partial charge in [0.1, 0.15) is 0 Å². The molecule has 0 aliphatic rings. The van der Waals surface area contributed by atoms with Gasteiger partial charge in [-0.1, -0.05) is 0 Å². The number of thiazole rings is 1. The Bertz CT molecular complexity index is 389. The lowest BCUT2D eigenvalue weighted by Crippen LogP contribution is -2.11. The molecule has 74 valence electrons. The molecule has 0 aromatic carbocycles. The molecular formula is C10H13N3S. The molecule has 1 unspecified atom stereocenters. The molecule has 0 spiro atoms. The van der Waals surface area contributed by atoms with Gasteiger partial charge in [0.2, 0.25) is 0 Å². The summed E-state index contributed by atoms with van der Waals surface area (Å²) in [7, 11) is 0. The van der Waals surface area contributed by atoms with E-state index in [4.69, 9.17) is 5.73 Å². The molecule has 0 aliphatic heterocycles. The van der Waals surface area contributed by atoms with Crippen molar-refractivity contribution in [3.8, 4) is 0 Å². The first-order chi connectivity index (χ1) is 6.77. The summed E-state index contributed by atoms with van der Waals surface area (Å²) in [6, 6.07) is 4.17. The predicted octanol–water partition coefficient (Wildman–Crippen LogP) is 2.01. The molecule has 1 atom stereocenters. The van der Waals surface area contributed by atoms with E-state index in [0.717, 1.165) is 6.54 Å². The molecular weight excluding hydrogens is 194 g/mol. The lowest BCUT2D eigenvalue weighted by Gasteiger charge is -2.10. The SMILES string of the molecule is CC(N)c1cccn1Cc1cncs1. The number of nitrogens with two attached hydrogens (primary N) is 1. The van der Waals surface area contributed by atoms with Crippen LogP contribution < -0.4 is 5.73 Å². The van der Waals surface area contributed by atoms with Crippen LogP contribution in [0.2, 0.25) is 0 Å². The average Bonchev–Trinajstić information content (AvgIpc) is 2.75. The van der Waals surface area contributed by atoms with Crippen molar-refractivity contribution < 1.29 is 0 Å². The van der Waals surface area contributed by atoms with E-state index in [2.05, 4.69) is 21.8 Å². The molecule has 14 heavy (non-hydrogen) atoms. The molecule has 0 radical (unpaired) electrons. The number of nitrogens with zero attached hydrogens (tertiary/aromatic N) is 2. The highest BCUT2D eigenvalue weighted by molar-refractivity contribution is 7.09. The first kappa shape index (κ1) is 9.43. The lowest BCUT2D eigenvalue weighted by molar-refractivity contribution is 0.679. The summed E-state index contributed by atoms with van der Waals surface area (Å²) in [6.07, 6.45) is 3.95. The monoisotopic (exact) mass is 207 g/mol. The molecule has 2 N–H and O–H groups in total. The smallest absolute Gasteiger partial charge is 0.0794 e. The van der Waals surface area contributed by atoms with Crippen molar-refractivity contribution in [2.45, 2.75) is 19.5 Å². The maximum absolute atomic E-state index is 5.85. The van der Waals surface area contributed by atoms with E-state index in [1.807, 2.05) is 24.7 Å². The third-order valence-electron chi connectivity index (χ3n) is 2.14. The van der Waals surface area contributed by atoms with Crippen LogP contribution in [0.4, 0.5) is 0 Å². The van der Waals surface area contributed by atoms with Gasteiger partial charge in [-0.2, -0.15) is 0 Å². The van der Waals surface area contributed by atoms with Gasteiger partial charge < -0.3 is 10.3 Å². The largest absolute Gasteiger partial charge is 0.345 e. The van der Waals surface area contributed by atoms with Crippen LogP contribution in [0.5, 0.6) is 0 Å². The number of hydrogen-bond donors (Lipinski definition) is 1. The standard InChI is InChI=1S/C10H13N3S/c1-8(11)10-3-2-4-13(10)6-9-5-12-7-14-9/h2-5,7-8H,6,11H2,1H3. The minimum absolute atomic E-state index is 0.0814. The topological polar surface area (TPSA) is 43.8 Å². The van der Waals surface area contributed by atoms with Gasteiger partial charge in [0.25, 0.3) is 0 Å². The molecule has 0 amide bonds. The summed E-state index contributed by atoms with van der Waals surface area (Å²) >= 11 is 1.67. The number of aromatic nitrogens is 2. The summed E-state index contributed by atoms with van der Waals surface area (Å²) in [5.74, 6) is 0. The normalized spacial score (nSPS) is 13.0. The van der Waals surface area contributed by atoms with E-state index < -0.39 is 0 Å². The zero-order valence-corrected chi connectivity index (χ0v) is 8.87. The third-order valence-corrected chi connectivity index (χ3v) is 2.91. The Morgan fingerprint density at radius 2 is 2.50 bits per heavy atom. The highest BCUT2D eigenvalue weighted by Crippen LogP contribution is 2.14. The van der Waals surface area contributed by atoms with Crippen molar-refractivity contribution in [1.29, 1.82) is 0 Å². The van der Waals surface area contributed by atoms with Crippen molar-refractivity contribution in [2.75, 3.05) is 0 Å². The van der Waals surface area contributed by atoms with Gasteiger partial charge in [-0.05, 0) is 19.1 Å². The van der Waals surface area contributed by atoms with Crippen LogP contribution in [-0.2, 0) is 6.54 Å². The first-order valence-electron chi connectivity index (χ1n) is 4.55. The molecule has 2 heterocycles. The highest BCUT2D eigenvalue weighted by Gasteiger charge is 2.06. The van der Waals surface area contributed by atoms with Crippen molar-refractivity contribution in [1.82, 2.24) is 9.55 Å². The maximum atomic E-state index is 5.85. The second-order valence-electron chi connectivity index (χ2n) is 3.32. The molecule has 2 aromatic rings. The summed E-state index contributed by atoms with van der Waals surface area (Å²) in [6.45, 7) is 2.87. The van der Waals surface area contributed by atoms with Crippen molar-refractivity contribution in [3.05, 3.63) is 40.6 Å². The second-order valence-corrected chi connectivity index (χ2v) is 4.29. The van der Waals surface area contributed by atoms with E-state index in [-0.39, 0.29) is 6.04 Å². The summed E-state index contributed by atoms with van der Waals surface area (Å²) in [5, 5.41) is 0. The predicted molar refractivity (Wildman–Crippen MR) is 58.3 cm³/mol. The molecule has 0 bridgehead atoms. The van der Waals surface area contributed by atoms with Crippen molar-refractivity contribution in [2.24, 2.45) is 5.73 Å². The van der Waals surface area contributed by atoms with E-state index in [1.54, 1.807) is 11.3 Å². The van der Waals surface area contributed by atoms with E-state index in [1.165, 1.54) is 10.6 Å². The number of rotatable bonds is 3. The Balaban J connectivity index is 2.21. The molecule has 3 nitrogen and oxygen atoms in total. The fourth-order valence-corrected chi connectivity index (χ4v) is 2.07. The van der Waals surface area contributed by atoms with Gasteiger partial charge in [0, 0.05) is 29.0 Å². The van der Waals surface area contributed by atoms with Crippen LogP contribution in [0.1, 0.15) is 23.5 Å². The fourth-order valence-electron chi connectivity index (χ4n) is 1.47. The van der Waals surface area contributed by atoms with Gasteiger partial charge in [-0.25, -0.2) is 0 Å². The second kappa shape index (κ2) is 3.94. The van der Waals surface area contributed by atoms with Crippen LogP contribution in [0.3, 0.4) is 0 Å². The fraction of sp³-hybridized carbons (Fsp3) is 0.300. The van der Waals surface area contributed by atoms with Crippen LogP contribution in [-0.4, -0.2) is 9.55 Å². The minimum Gasteiger partial charge on any atom is -0.345 e. The van der Waals surface area contributed by atoms with Crippen LogP contribution in [0.25, 0.3) is 0 Å². The van der Waals surface area contributed by atoms with Gasteiger partial charge >= 0.3 is 0 Å². The molecule has 0 aliphatic carbocycles. The summed E-state index contributed by atoms with van der Waals surface area (Å²) in [4.78, 5) is 5.30. The Morgan fingerprint density at radius 1 is 1.64 bits per heavy atom. The van der Waals surface area contributed by atoms with Crippen molar-refractivity contribution >= 4 is 11.3 Å². The highest BCUT2D eigenvalue weighted by atomic mass is 32.1. The van der Waals surface area contributed by atoms with Crippen molar-refractivity contribution in [3.63, 3.8) is 0 Å². The van der Waals surface area contributed by atoms with E-state index in [9.17, 15) is 0 Å². The van der Waals surface area contributed by atoms with Crippen LogP contribution in [0, 0.1) is 0 Å². The Hall–Kier alpha value is -1.13. The Labute approximate surface area is 87.2 Å². The molecule has 4 heteroatoms. The molecule has 0 saturated carbocycles. The van der Waals surface area contributed by atoms with Crippen LogP contribution in [0.15, 0.2) is 30.0 Å². The molecule has 0 fully saturated rings. The molecule has 2 aromatic heterocycles. The molecule has 0 saturated heterocycles. The van der Waals surface area contributed by atoms with E-state index >= 15 is 0 Å². The zero-order chi connectivity index (χ0) is 9.97. The Morgan fingerprint density at radius 3 is 3.14 bits per heavy atom. The zero-order valence-electron chi connectivity index (χ0n) is 8.05. The first-order valence-corrected chi connectivity index (χ1v) is 5.43. The van der Waals surface area contributed by atoms with Gasteiger partial charge in [-0.15, -0.1) is 11.3 Å². The quantitative estimate of drug-likeness (QED) is 0.836. The summed E-state index contributed by atoms with van der Waals surface area (Å²) < 4.78 is 2.16. The van der Waals surface area contributed by atoms with E-state index in [0.29, 0.717) is 0 Å². The van der Waals surface area contributed by atoms with Gasteiger partial charge in [-0.3, -0.25) is 4.98 Å². The number of hydrogen-bond acceptors (Lipinski definition) is 3. The Kier molecular flexibility index (Phi) is 2.65. The lowest BCUT2D eigenvalue weighted by atomic mass is 10.2. The van der Waals surface area contributed by atoms with Gasteiger partial charge in [0.15, 0.2) is 0 Å². The summed E-state index contributed by atoms with van der Waals surface area (Å²) in [5.41, 5.74) is 8.87. The third kappa shape index (κ3) is 1.86. The average molecular weight is 207 g/mol.